The van der Waals surface area contributed by atoms with Crippen molar-refractivity contribution in [2.24, 2.45) is 7.05 Å². The zero-order valence-electron chi connectivity index (χ0n) is 18.8. The van der Waals surface area contributed by atoms with Crippen LogP contribution in [0, 0.1) is 13.8 Å². The maximum Gasteiger partial charge on any atom is 0.251 e. The van der Waals surface area contributed by atoms with Gasteiger partial charge in [0.2, 0.25) is 5.91 Å². The molecule has 3 rings (SSSR count). The van der Waals surface area contributed by atoms with Crippen molar-refractivity contribution in [2.75, 3.05) is 18.2 Å². The highest BCUT2D eigenvalue weighted by atomic mass is 32.2. The Morgan fingerprint density at radius 2 is 1.84 bits per heavy atom. The molecule has 3 aromatic rings. The van der Waals surface area contributed by atoms with Crippen LogP contribution in [0.4, 0.5) is 5.69 Å². The van der Waals surface area contributed by atoms with Crippen LogP contribution in [-0.2, 0) is 11.8 Å². The topological polar surface area (TPSA) is 98.1 Å². The van der Waals surface area contributed by atoms with Crippen LogP contribution in [0.2, 0.25) is 0 Å². The van der Waals surface area contributed by atoms with Crippen molar-refractivity contribution in [1.82, 2.24) is 20.1 Å². The van der Waals surface area contributed by atoms with Gasteiger partial charge < -0.3 is 19.9 Å². The van der Waals surface area contributed by atoms with Gasteiger partial charge >= 0.3 is 0 Å². The molecule has 9 heteroatoms. The molecule has 2 amide bonds. The van der Waals surface area contributed by atoms with Crippen LogP contribution in [-0.4, -0.2) is 39.4 Å². The van der Waals surface area contributed by atoms with Gasteiger partial charge in [-0.2, -0.15) is 0 Å². The lowest BCUT2D eigenvalue weighted by molar-refractivity contribution is -0.113. The zero-order valence-corrected chi connectivity index (χ0v) is 19.6. The van der Waals surface area contributed by atoms with E-state index in [0.717, 1.165) is 16.8 Å². The normalized spacial score (nSPS) is 11.7. The van der Waals surface area contributed by atoms with E-state index in [-0.39, 0.29) is 23.6 Å². The second kappa shape index (κ2) is 10.3. The average molecular weight is 454 g/mol. The van der Waals surface area contributed by atoms with Gasteiger partial charge in [0.1, 0.15) is 5.75 Å². The monoisotopic (exact) mass is 453 g/mol. The van der Waals surface area contributed by atoms with Crippen molar-refractivity contribution in [1.29, 1.82) is 0 Å². The number of aromatic nitrogens is 3. The zero-order chi connectivity index (χ0) is 23.3. The first-order valence-corrected chi connectivity index (χ1v) is 11.1. The highest BCUT2D eigenvalue weighted by molar-refractivity contribution is 7.99. The van der Waals surface area contributed by atoms with Gasteiger partial charge in [-0.1, -0.05) is 29.5 Å². The van der Waals surface area contributed by atoms with E-state index < -0.39 is 0 Å². The number of hydrogen-bond acceptors (Lipinski definition) is 6. The van der Waals surface area contributed by atoms with Crippen molar-refractivity contribution >= 4 is 29.3 Å². The number of aryl methyl sites for hydroxylation is 2. The van der Waals surface area contributed by atoms with E-state index in [1.54, 1.807) is 35.9 Å². The number of carbonyl (C=O) groups excluding carboxylic acids is 2. The Morgan fingerprint density at radius 1 is 1.12 bits per heavy atom. The first kappa shape index (κ1) is 23.3. The van der Waals surface area contributed by atoms with E-state index in [0.29, 0.717) is 22.3 Å². The molecule has 8 nitrogen and oxygen atoms in total. The smallest absolute Gasteiger partial charge is 0.251 e. The molecule has 0 spiro atoms. The molecule has 168 valence electrons. The summed E-state index contributed by atoms with van der Waals surface area (Å²) in [6.45, 7) is 5.82. The molecule has 1 heterocycles. The molecule has 0 saturated carbocycles. The number of thioether (sulfide) groups is 1. The highest BCUT2D eigenvalue weighted by Crippen LogP contribution is 2.21. The van der Waals surface area contributed by atoms with Gasteiger partial charge in [-0.3, -0.25) is 9.59 Å². The quantitative estimate of drug-likeness (QED) is 0.505. The summed E-state index contributed by atoms with van der Waals surface area (Å²) >= 11 is 1.29. The number of ether oxygens (including phenoxy) is 1. The molecule has 32 heavy (non-hydrogen) atoms. The predicted molar refractivity (Wildman–Crippen MR) is 125 cm³/mol. The SMILES string of the molecule is COc1ccc(C(=O)NC(C)c2nnc(SCC(=O)Nc3ccc(C)cc3C)n2C)cc1. The Bertz CT molecular complexity index is 1110. The number of hydrogen-bond donors (Lipinski definition) is 2. The molecular formula is C23H27N5O3S. The summed E-state index contributed by atoms with van der Waals surface area (Å²) in [5.74, 6) is 1.15. The van der Waals surface area contributed by atoms with Gasteiger partial charge in [-0.05, 0) is 56.7 Å². The van der Waals surface area contributed by atoms with Crippen LogP contribution in [0.15, 0.2) is 47.6 Å². The summed E-state index contributed by atoms with van der Waals surface area (Å²) in [4.78, 5) is 24.9. The third-order valence-electron chi connectivity index (χ3n) is 4.94. The fourth-order valence-corrected chi connectivity index (χ4v) is 3.90. The summed E-state index contributed by atoms with van der Waals surface area (Å²) in [5.41, 5.74) is 3.49. The molecule has 1 aromatic heterocycles. The maximum atomic E-state index is 12.5. The van der Waals surface area contributed by atoms with Crippen molar-refractivity contribution in [2.45, 2.75) is 32.0 Å². The molecule has 0 bridgehead atoms. The number of carbonyl (C=O) groups is 2. The standard InChI is InChI=1S/C23H27N5O3S/c1-14-6-11-19(15(2)12-14)25-20(29)13-32-23-27-26-21(28(23)4)16(3)24-22(30)17-7-9-18(31-5)10-8-17/h6-12,16H,13H2,1-5H3,(H,24,30)(H,25,29). The molecule has 0 aliphatic carbocycles. The Balaban J connectivity index is 1.57. The van der Waals surface area contributed by atoms with Crippen LogP contribution in [0.5, 0.6) is 5.75 Å². The molecule has 0 aliphatic rings. The van der Waals surface area contributed by atoms with Crippen LogP contribution < -0.4 is 15.4 Å². The number of rotatable bonds is 8. The fraction of sp³-hybridized carbons (Fsp3) is 0.304. The first-order valence-electron chi connectivity index (χ1n) is 10.1. The van der Waals surface area contributed by atoms with Gasteiger partial charge in [0.15, 0.2) is 11.0 Å². The number of anilines is 1. The predicted octanol–water partition coefficient (Wildman–Crippen LogP) is 3.66. The Kier molecular flexibility index (Phi) is 7.53. The maximum absolute atomic E-state index is 12.5. The third-order valence-corrected chi connectivity index (χ3v) is 5.96. The van der Waals surface area contributed by atoms with Crippen molar-refractivity contribution in [3.8, 4) is 5.75 Å². The van der Waals surface area contributed by atoms with Gasteiger partial charge in [0.25, 0.3) is 5.91 Å². The summed E-state index contributed by atoms with van der Waals surface area (Å²) in [6.07, 6.45) is 0. The third kappa shape index (κ3) is 5.67. The molecule has 0 fully saturated rings. The van der Waals surface area contributed by atoms with E-state index in [2.05, 4.69) is 20.8 Å². The average Bonchev–Trinajstić information content (AvgIpc) is 3.14. The van der Waals surface area contributed by atoms with E-state index in [4.69, 9.17) is 4.74 Å². The molecule has 0 aliphatic heterocycles. The van der Waals surface area contributed by atoms with Gasteiger partial charge in [-0.25, -0.2) is 0 Å². The minimum Gasteiger partial charge on any atom is -0.497 e. The van der Waals surface area contributed by atoms with Crippen molar-refractivity contribution < 1.29 is 14.3 Å². The van der Waals surface area contributed by atoms with Gasteiger partial charge in [0.05, 0.1) is 18.9 Å². The molecule has 1 unspecified atom stereocenters. The lowest BCUT2D eigenvalue weighted by atomic mass is 10.1. The lowest BCUT2D eigenvalue weighted by Gasteiger charge is -2.14. The number of benzene rings is 2. The Labute approximate surface area is 191 Å². The van der Waals surface area contributed by atoms with E-state index in [1.807, 2.05) is 46.0 Å². The molecule has 1 atom stereocenters. The second-order valence-corrected chi connectivity index (χ2v) is 8.42. The minimum atomic E-state index is -0.361. The van der Waals surface area contributed by atoms with E-state index >= 15 is 0 Å². The Hall–Kier alpha value is -3.33. The summed E-state index contributed by atoms with van der Waals surface area (Å²) in [6, 6.07) is 12.4. The molecule has 2 N–H and O–H groups in total. The molecule has 0 saturated heterocycles. The fourth-order valence-electron chi connectivity index (χ4n) is 3.19. The largest absolute Gasteiger partial charge is 0.497 e. The Morgan fingerprint density at radius 3 is 2.50 bits per heavy atom. The van der Waals surface area contributed by atoms with Crippen molar-refractivity contribution in [3.05, 3.63) is 65.0 Å². The first-order chi connectivity index (χ1) is 15.3. The summed E-state index contributed by atoms with van der Waals surface area (Å²) < 4.78 is 6.90. The number of nitrogens with zero attached hydrogens (tertiary/aromatic N) is 3. The minimum absolute atomic E-state index is 0.118. The van der Waals surface area contributed by atoms with Crippen LogP contribution in [0.25, 0.3) is 0 Å². The molecular weight excluding hydrogens is 426 g/mol. The van der Waals surface area contributed by atoms with Gasteiger partial charge in [0, 0.05) is 18.3 Å². The second-order valence-electron chi connectivity index (χ2n) is 7.48. The number of methoxy groups -OCH3 is 1. The van der Waals surface area contributed by atoms with Crippen LogP contribution >= 0.6 is 11.8 Å². The van der Waals surface area contributed by atoms with E-state index in [9.17, 15) is 9.59 Å². The van der Waals surface area contributed by atoms with E-state index in [1.165, 1.54) is 11.8 Å². The van der Waals surface area contributed by atoms with Crippen LogP contribution in [0.3, 0.4) is 0 Å². The highest BCUT2D eigenvalue weighted by Gasteiger charge is 2.19. The molecule has 0 radical (unpaired) electrons. The van der Waals surface area contributed by atoms with Crippen LogP contribution in [0.1, 0.15) is 40.3 Å². The number of amides is 2. The number of nitrogens with one attached hydrogen (secondary N) is 2. The van der Waals surface area contributed by atoms with Gasteiger partial charge in [-0.15, -0.1) is 10.2 Å². The summed E-state index contributed by atoms with van der Waals surface area (Å²) in [5, 5.41) is 14.8. The lowest BCUT2D eigenvalue weighted by Crippen LogP contribution is -2.28. The van der Waals surface area contributed by atoms with Crippen molar-refractivity contribution in [3.63, 3.8) is 0 Å². The summed E-state index contributed by atoms with van der Waals surface area (Å²) in [7, 11) is 3.39. The molecule has 2 aromatic carbocycles.